The SMILES string of the molecule is NC(=O)NC(CCN1CCCCC1)c1ccccc1. The lowest BCUT2D eigenvalue weighted by Crippen LogP contribution is -2.37. The number of urea groups is 1. The average Bonchev–Trinajstić information content (AvgIpc) is 2.45. The summed E-state index contributed by atoms with van der Waals surface area (Å²) in [6.07, 6.45) is 4.84. The molecule has 0 bridgehead atoms. The molecular weight excluding hydrogens is 238 g/mol. The zero-order chi connectivity index (χ0) is 13.5. The topological polar surface area (TPSA) is 58.4 Å². The van der Waals surface area contributed by atoms with Crippen molar-refractivity contribution in [3.8, 4) is 0 Å². The summed E-state index contributed by atoms with van der Waals surface area (Å²) in [6, 6.07) is 9.61. The zero-order valence-corrected chi connectivity index (χ0v) is 11.3. The molecule has 1 unspecified atom stereocenters. The predicted molar refractivity (Wildman–Crippen MR) is 76.8 cm³/mol. The normalized spacial score (nSPS) is 17.9. The zero-order valence-electron chi connectivity index (χ0n) is 11.3. The summed E-state index contributed by atoms with van der Waals surface area (Å²) in [5, 5.41) is 2.85. The van der Waals surface area contributed by atoms with Gasteiger partial charge in [-0.25, -0.2) is 4.79 Å². The Kier molecular flexibility index (Phi) is 5.21. The first kappa shape index (κ1) is 13.9. The van der Waals surface area contributed by atoms with Gasteiger partial charge in [0.25, 0.3) is 0 Å². The lowest BCUT2D eigenvalue weighted by Gasteiger charge is -2.28. The third kappa shape index (κ3) is 4.56. The van der Waals surface area contributed by atoms with E-state index < -0.39 is 6.03 Å². The van der Waals surface area contributed by atoms with Gasteiger partial charge in [0.2, 0.25) is 0 Å². The number of likely N-dealkylation sites (tertiary alicyclic amines) is 1. The molecule has 1 fully saturated rings. The molecule has 1 aromatic rings. The third-order valence-electron chi connectivity index (χ3n) is 3.70. The van der Waals surface area contributed by atoms with Crippen LogP contribution in [0.1, 0.15) is 37.3 Å². The van der Waals surface area contributed by atoms with E-state index in [0.717, 1.165) is 18.5 Å². The van der Waals surface area contributed by atoms with Crippen molar-refractivity contribution in [3.63, 3.8) is 0 Å². The van der Waals surface area contributed by atoms with E-state index in [1.54, 1.807) is 0 Å². The number of hydrogen-bond acceptors (Lipinski definition) is 2. The minimum absolute atomic E-state index is 0.0145. The van der Waals surface area contributed by atoms with Gasteiger partial charge in [0.1, 0.15) is 0 Å². The van der Waals surface area contributed by atoms with Crippen molar-refractivity contribution in [2.45, 2.75) is 31.7 Å². The van der Waals surface area contributed by atoms with Gasteiger partial charge in [-0.15, -0.1) is 0 Å². The van der Waals surface area contributed by atoms with Crippen LogP contribution in [0.3, 0.4) is 0 Å². The van der Waals surface area contributed by atoms with E-state index in [4.69, 9.17) is 5.73 Å². The fraction of sp³-hybridized carbons (Fsp3) is 0.533. The lowest BCUT2D eigenvalue weighted by molar-refractivity contribution is 0.214. The van der Waals surface area contributed by atoms with E-state index >= 15 is 0 Å². The van der Waals surface area contributed by atoms with E-state index in [0.29, 0.717) is 0 Å². The molecule has 1 heterocycles. The van der Waals surface area contributed by atoms with Gasteiger partial charge in [0.05, 0.1) is 6.04 Å². The van der Waals surface area contributed by atoms with E-state index in [2.05, 4.69) is 10.2 Å². The van der Waals surface area contributed by atoms with Crippen LogP contribution in [0.5, 0.6) is 0 Å². The number of nitrogens with two attached hydrogens (primary N) is 1. The number of carbonyl (C=O) groups excluding carboxylic acids is 1. The second kappa shape index (κ2) is 7.14. The first-order valence-electron chi connectivity index (χ1n) is 7.09. The highest BCUT2D eigenvalue weighted by molar-refractivity contribution is 5.72. The van der Waals surface area contributed by atoms with Gasteiger partial charge >= 0.3 is 6.03 Å². The summed E-state index contributed by atoms with van der Waals surface area (Å²) in [5.74, 6) is 0. The molecule has 3 N–H and O–H groups in total. The van der Waals surface area contributed by atoms with Crippen molar-refractivity contribution in [2.24, 2.45) is 5.73 Å². The van der Waals surface area contributed by atoms with Crippen LogP contribution >= 0.6 is 0 Å². The monoisotopic (exact) mass is 261 g/mol. The molecule has 1 aliphatic heterocycles. The maximum Gasteiger partial charge on any atom is 0.312 e. The second-order valence-electron chi connectivity index (χ2n) is 5.16. The van der Waals surface area contributed by atoms with Crippen molar-refractivity contribution >= 4 is 6.03 Å². The van der Waals surface area contributed by atoms with Crippen molar-refractivity contribution in [3.05, 3.63) is 35.9 Å². The van der Waals surface area contributed by atoms with Crippen LogP contribution in [0.15, 0.2) is 30.3 Å². The van der Waals surface area contributed by atoms with Crippen molar-refractivity contribution < 1.29 is 4.79 Å². The fourth-order valence-corrected chi connectivity index (χ4v) is 2.67. The Labute approximate surface area is 115 Å². The van der Waals surface area contributed by atoms with Gasteiger partial charge in [-0.3, -0.25) is 0 Å². The van der Waals surface area contributed by atoms with Crippen LogP contribution in [0.2, 0.25) is 0 Å². The number of rotatable bonds is 5. The highest BCUT2D eigenvalue weighted by Gasteiger charge is 2.16. The Morgan fingerprint density at radius 1 is 1.21 bits per heavy atom. The second-order valence-corrected chi connectivity index (χ2v) is 5.16. The maximum absolute atomic E-state index is 11.1. The quantitative estimate of drug-likeness (QED) is 0.854. The molecule has 0 spiro atoms. The first-order chi connectivity index (χ1) is 9.25. The van der Waals surface area contributed by atoms with Crippen molar-refractivity contribution in [1.82, 2.24) is 10.2 Å². The molecule has 0 radical (unpaired) electrons. The largest absolute Gasteiger partial charge is 0.352 e. The minimum Gasteiger partial charge on any atom is -0.352 e. The number of primary amides is 1. The molecule has 4 heteroatoms. The average molecular weight is 261 g/mol. The number of carbonyl (C=O) groups is 1. The summed E-state index contributed by atoms with van der Waals surface area (Å²) in [4.78, 5) is 13.6. The molecule has 0 aliphatic carbocycles. The van der Waals surface area contributed by atoms with Gasteiger partial charge in [-0.1, -0.05) is 36.8 Å². The summed E-state index contributed by atoms with van der Waals surface area (Å²) in [5.41, 5.74) is 6.40. The Bertz CT molecular complexity index is 388. The van der Waals surface area contributed by atoms with Gasteiger partial charge in [0.15, 0.2) is 0 Å². The molecule has 1 atom stereocenters. The highest BCUT2D eigenvalue weighted by Crippen LogP contribution is 2.18. The van der Waals surface area contributed by atoms with Gasteiger partial charge in [0, 0.05) is 6.54 Å². The smallest absolute Gasteiger partial charge is 0.312 e. The first-order valence-corrected chi connectivity index (χ1v) is 7.09. The summed E-state index contributed by atoms with van der Waals surface area (Å²) >= 11 is 0. The molecule has 1 aliphatic rings. The van der Waals surface area contributed by atoms with Crippen LogP contribution < -0.4 is 11.1 Å². The Morgan fingerprint density at radius 2 is 1.89 bits per heavy atom. The van der Waals surface area contributed by atoms with Crippen LogP contribution in [-0.4, -0.2) is 30.6 Å². The Hall–Kier alpha value is -1.55. The summed E-state index contributed by atoms with van der Waals surface area (Å²) in [6.45, 7) is 3.37. The molecule has 19 heavy (non-hydrogen) atoms. The van der Waals surface area contributed by atoms with Gasteiger partial charge in [-0.05, 0) is 37.9 Å². The summed E-state index contributed by atoms with van der Waals surface area (Å²) < 4.78 is 0. The van der Waals surface area contributed by atoms with E-state index in [-0.39, 0.29) is 6.04 Å². The molecule has 4 nitrogen and oxygen atoms in total. The van der Waals surface area contributed by atoms with Gasteiger partial charge < -0.3 is 16.0 Å². The van der Waals surface area contributed by atoms with Crippen LogP contribution in [0.4, 0.5) is 4.79 Å². The van der Waals surface area contributed by atoms with Crippen LogP contribution in [-0.2, 0) is 0 Å². The Balaban J connectivity index is 1.92. The standard InChI is InChI=1S/C15H23N3O/c16-15(19)17-14(13-7-3-1-4-8-13)9-12-18-10-5-2-6-11-18/h1,3-4,7-8,14H,2,5-6,9-12H2,(H3,16,17,19). The predicted octanol–water partition coefficient (Wildman–Crippen LogP) is 2.27. The minimum atomic E-state index is -0.451. The molecule has 0 saturated carbocycles. The van der Waals surface area contributed by atoms with Crippen molar-refractivity contribution in [1.29, 1.82) is 0 Å². The molecule has 104 valence electrons. The maximum atomic E-state index is 11.1. The summed E-state index contributed by atoms with van der Waals surface area (Å²) in [7, 11) is 0. The van der Waals surface area contributed by atoms with E-state index in [1.165, 1.54) is 32.4 Å². The molecule has 1 saturated heterocycles. The highest BCUT2D eigenvalue weighted by atomic mass is 16.2. The number of nitrogens with zero attached hydrogens (tertiary/aromatic N) is 1. The van der Waals surface area contributed by atoms with E-state index in [9.17, 15) is 4.79 Å². The third-order valence-corrected chi connectivity index (χ3v) is 3.70. The van der Waals surface area contributed by atoms with Crippen molar-refractivity contribution in [2.75, 3.05) is 19.6 Å². The molecule has 2 amide bonds. The van der Waals surface area contributed by atoms with Gasteiger partial charge in [-0.2, -0.15) is 0 Å². The lowest BCUT2D eigenvalue weighted by atomic mass is 10.0. The van der Waals surface area contributed by atoms with Crippen LogP contribution in [0.25, 0.3) is 0 Å². The number of amides is 2. The number of nitrogens with one attached hydrogen (secondary N) is 1. The molecular formula is C15H23N3O. The Morgan fingerprint density at radius 3 is 2.53 bits per heavy atom. The van der Waals surface area contributed by atoms with E-state index in [1.807, 2.05) is 30.3 Å². The fourth-order valence-electron chi connectivity index (χ4n) is 2.67. The molecule has 2 rings (SSSR count). The number of piperidine rings is 1. The van der Waals surface area contributed by atoms with Crippen LogP contribution in [0, 0.1) is 0 Å². The number of benzene rings is 1. The molecule has 1 aromatic carbocycles. The number of hydrogen-bond donors (Lipinski definition) is 2. The molecule has 0 aromatic heterocycles.